The van der Waals surface area contributed by atoms with Crippen molar-refractivity contribution < 1.29 is 9.90 Å². The molecule has 0 saturated heterocycles. The van der Waals surface area contributed by atoms with Gasteiger partial charge in [0.2, 0.25) is 0 Å². The first-order valence-corrected chi connectivity index (χ1v) is 6.82. The Hall–Kier alpha value is -1.36. The van der Waals surface area contributed by atoms with E-state index in [1.54, 1.807) is 23.9 Å². The maximum Gasteiger partial charge on any atom is 0.335 e. The molecule has 0 spiro atoms. The molecule has 0 bridgehead atoms. The summed E-state index contributed by atoms with van der Waals surface area (Å²) in [4.78, 5) is 10.7. The summed E-state index contributed by atoms with van der Waals surface area (Å²) >= 11 is 1.80. The zero-order chi connectivity index (χ0) is 12.8. The summed E-state index contributed by atoms with van der Waals surface area (Å²) in [5.74, 6) is 0.125. The fraction of sp³-hybridized carbons (Fsp3) is 0.417. The Morgan fingerprint density at radius 1 is 1.59 bits per heavy atom. The topological polar surface area (TPSA) is 75.3 Å². The van der Waals surface area contributed by atoms with E-state index in [0.717, 1.165) is 17.9 Å². The van der Waals surface area contributed by atoms with Crippen LogP contribution in [-0.2, 0) is 0 Å². The second-order valence-electron chi connectivity index (χ2n) is 3.93. The number of hydrogen-bond acceptors (Lipinski definition) is 4. The van der Waals surface area contributed by atoms with Gasteiger partial charge < -0.3 is 16.2 Å². The number of nitrogens with one attached hydrogen (secondary N) is 1. The zero-order valence-electron chi connectivity index (χ0n) is 10.1. The Morgan fingerprint density at radius 2 is 2.29 bits per heavy atom. The molecule has 1 atom stereocenters. The number of carbonyl (C=O) groups is 1. The molecule has 4 nitrogen and oxygen atoms in total. The molecule has 1 unspecified atom stereocenters. The van der Waals surface area contributed by atoms with Crippen molar-refractivity contribution in [2.45, 2.75) is 19.4 Å². The van der Waals surface area contributed by atoms with Crippen LogP contribution < -0.4 is 11.1 Å². The Kier molecular flexibility index (Phi) is 5.15. The number of carboxylic acid groups (broad SMARTS) is 1. The lowest BCUT2D eigenvalue weighted by Crippen LogP contribution is -2.17. The quantitative estimate of drug-likeness (QED) is 0.680. The molecule has 0 aromatic heterocycles. The molecule has 5 heteroatoms. The van der Waals surface area contributed by atoms with Crippen LogP contribution in [0.5, 0.6) is 0 Å². The number of thioether (sulfide) groups is 1. The summed E-state index contributed by atoms with van der Waals surface area (Å²) in [6.07, 6.45) is 3.12. The van der Waals surface area contributed by atoms with Gasteiger partial charge in [0.05, 0.1) is 16.9 Å². The highest BCUT2D eigenvalue weighted by atomic mass is 32.2. The van der Waals surface area contributed by atoms with Gasteiger partial charge in [-0.1, -0.05) is 0 Å². The van der Waals surface area contributed by atoms with Crippen molar-refractivity contribution in [3.05, 3.63) is 23.8 Å². The molecule has 0 aliphatic rings. The Morgan fingerprint density at radius 3 is 2.82 bits per heavy atom. The average Bonchev–Trinajstić information content (AvgIpc) is 2.28. The van der Waals surface area contributed by atoms with Crippen molar-refractivity contribution in [1.29, 1.82) is 0 Å². The number of aromatic carboxylic acids is 1. The number of carboxylic acids is 1. The molecule has 94 valence electrons. The minimum absolute atomic E-state index is 0.213. The highest BCUT2D eigenvalue weighted by Crippen LogP contribution is 2.21. The highest BCUT2D eigenvalue weighted by molar-refractivity contribution is 7.98. The fourth-order valence-electron chi connectivity index (χ4n) is 1.46. The van der Waals surface area contributed by atoms with Gasteiger partial charge in [0, 0.05) is 6.04 Å². The van der Waals surface area contributed by atoms with Crippen LogP contribution in [0.25, 0.3) is 0 Å². The first kappa shape index (κ1) is 13.7. The largest absolute Gasteiger partial charge is 0.478 e. The molecule has 0 radical (unpaired) electrons. The molecule has 17 heavy (non-hydrogen) atoms. The lowest BCUT2D eigenvalue weighted by molar-refractivity contribution is 0.0697. The summed E-state index contributed by atoms with van der Waals surface area (Å²) in [7, 11) is 0. The van der Waals surface area contributed by atoms with Crippen molar-refractivity contribution in [2.75, 3.05) is 23.1 Å². The second kappa shape index (κ2) is 6.39. The normalized spacial score (nSPS) is 12.1. The summed E-state index contributed by atoms with van der Waals surface area (Å²) < 4.78 is 0. The van der Waals surface area contributed by atoms with Crippen molar-refractivity contribution in [3.8, 4) is 0 Å². The van der Waals surface area contributed by atoms with E-state index < -0.39 is 5.97 Å². The Bertz CT molecular complexity index is 396. The zero-order valence-corrected chi connectivity index (χ0v) is 10.9. The minimum atomic E-state index is -0.960. The Balaban J connectivity index is 2.69. The van der Waals surface area contributed by atoms with E-state index in [4.69, 9.17) is 10.8 Å². The van der Waals surface area contributed by atoms with E-state index in [0.29, 0.717) is 11.7 Å². The smallest absolute Gasteiger partial charge is 0.335 e. The summed E-state index contributed by atoms with van der Waals surface area (Å²) in [5, 5.41) is 12.1. The number of nitrogen functional groups attached to an aromatic ring is 1. The molecule has 0 saturated carbocycles. The van der Waals surface area contributed by atoms with Crippen LogP contribution in [0.15, 0.2) is 18.2 Å². The van der Waals surface area contributed by atoms with E-state index >= 15 is 0 Å². The molecule has 1 aromatic carbocycles. The molecular formula is C12H18N2O2S. The van der Waals surface area contributed by atoms with Gasteiger partial charge in [0.15, 0.2) is 0 Å². The predicted molar refractivity (Wildman–Crippen MR) is 73.9 cm³/mol. The van der Waals surface area contributed by atoms with E-state index in [9.17, 15) is 4.79 Å². The number of rotatable bonds is 6. The van der Waals surface area contributed by atoms with Crippen LogP contribution in [0.2, 0.25) is 0 Å². The van der Waals surface area contributed by atoms with Crippen molar-refractivity contribution in [1.82, 2.24) is 0 Å². The SMILES string of the molecule is CSCCC(C)Nc1ccc(C(=O)O)cc1N. The minimum Gasteiger partial charge on any atom is -0.478 e. The first-order valence-electron chi connectivity index (χ1n) is 5.43. The van der Waals surface area contributed by atoms with E-state index in [2.05, 4.69) is 18.5 Å². The molecule has 4 N–H and O–H groups in total. The van der Waals surface area contributed by atoms with E-state index in [1.807, 2.05) is 0 Å². The van der Waals surface area contributed by atoms with Gasteiger partial charge in [0.25, 0.3) is 0 Å². The summed E-state index contributed by atoms with van der Waals surface area (Å²) in [6.45, 7) is 2.08. The second-order valence-corrected chi connectivity index (χ2v) is 4.92. The third-order valence-electron chi connectivity index (χ3n) is 2.46. The van der Waals surface area contributed by atoms with Crippen LogP contribution in [0.4, 0.5) is 11.4 Å². The molecule has 0 fully saturated rings. The molecule has 1 aromatic rings. The lowest BCUT2D eigenvalue weighted by Gasteiger charge is -2.16. The lowest BCUT2D eigenvalue weighted by atomic mass is 10.1. The average molecular weight is 254 g/mol. The molecule has 0 amide bonds. The third-order valence-corrected chi connectivity index (χ3v) is 3.10. The van der Waals surface area contributed by atoms with E-state index in [-0.39, 0.29) is 5.56 Å². The van der Waals surface area contributed by atoms with Crippen LogP contribution in [0.1, 0.15) is 23.7 Å². The van der Waals surface area contributed by atoms with Gasteiger partial charge in [0.1, 0.15) is 0 Å². The van der Waals surface area contributed by atoms with Gasteiger partial charge in [-0.2, -0.15) is 11.8 Å². The van der Waals surface area contributed by atoms with Crippen molar-refractivity contribution in [2.24, 2.45) is 0 Å². The van der Waals surface area contributed by atoms with Gasteiger partial charge in [-0.3, -0.25) is 0 Å². The predicted octanol–water partition coefficient (Wildman–Crippen LogP) is 2.52. The van der Waals surface area contributed by atoms with Crippen LogP contribution in [0, 0.1) is 0 Å². The number of nitrogens with two attached hydrogens (primary N) is 1. The third kappa shape index (κ3) is 4.19. The number of anilines is 2. The first-order chi connectivity index (χ1) is 8.04. The van der Waals surface area contributed by atoms with Gasteiger partial charge in [-0.05, 0) is 43.6 Å². The monoisotopic (exact) mass is 254 g/mol. The van der Waals surface area contributed by atoms with Crippen molar-refractivity contribution >= 4 is 29.1 Å². The standard InChI is InChI=1S/C12H18N2O2S/c1-8(5-6-17-2)14-11-4-3-9(12(15)16)7-10(11)13/h3-4,7-8,14H,5-6,13H2,1-2H3,(H,15,16). The maximum absolute atomic E-state index is 10.7. The molecule has 0 heterocycles. The van der Waals surface area contributed by atoms with Gasteiger partial charge >= 0.3 is 5.97 Å². The molecular weight excluding hydrogens is 236 g/mol. The van der Waals surface area contributed by atoms with Crippen LogP contribution in [0.3, 0.4) is 0 Å². The van der Waals surface area contributed by atoms with Gasteiger partial charge in [-0.15, -0.1) is 0 Å². The van der Waals surface area contributed by atoms with Crippen molar-refractivity contribution in [3.63, 3.8) is 0 Å². The summed E-state index contributed by atoms with van der Waals surface area (Å²) in [5.41, 5.74) is 7.29. The molecule has 0 aliphatic heterocycles. The van der Waals surface area contributed by atoms with Crippen LogP contribution >= 0.6 is 11.8 Å². The maximum atomic E-state index is 10.7. The summed E-state index contributed by atoms with van der Waals surface area (Å²) in [6, 6.07) is 5.07. The Labute approximate surface area is 106 Å². The van der Waals surface area contributed by atoms with E-state index in [1.165, 1.54) is 6.07 Å². The number of hydrogen-bond donors (Lipinski definition) is 3. The van der Waals surface area contributed by atoms with Gasteiger partial charge in [-0.25, -0.2) is 4.79 Å². The molecule has 1 rings (SSSR count). The van der Waals surface area contributed by atoms with Crippen LogP contribution in [-0.4, -0.2) is 29.1 Å². The molecule has 0 aliphatic carbocycles. The highest BCUT2D eigenvalue weighted by Gasteiger charge is 2.08. The number of benzene rings is 1. The fourth-order valence-corrected chi connectivity index (χ4v) is 2.05.